The Hall–Kier alpha value is -1.06. The number of nitrogens with zero attached hydrogens (tertiary/aromatic N) is 1. The molecule has 0 aromatic heterocycles. The minimum Gasteiger partial charge on any atom is -0.466 e. The third-order valence-electron chi connectivity index (χ3n) is 10.2. The average Bonchev–Trinajstić information content (AvgIpc) is 3.59. The van der Waals surface area contributed by atoms with Gasteiger partial charge in [0.25, 0.3) is 0 Å². The number of carbonyl (C=O) groups is 1. The molecule has 4 heteroatoms. The zero-order chi connectivity index (χ0) is 32.5. The molecular formula is C41H80N2O2. The number of nitrogens with one attached hydrogen (secondary N) is 1. The molecule has 0 saturated heterocycles. The van der Waals surface area contributed by atoms with Crippen molar-refractivity contribution >= 4 is 11.8 Å². The fourth-order valence-corrected chi connectivity index (χ4v) is 6.98. The van der Waals surface area contributed by atoms with Crippen molar-refractivity contribution in [2.75, 3.05) is 19.7 Å². The number of ether oxygens (including phenoxy) is 1. The van der Waals surface area contributed by atoms with Gasteiger partial charge in [-0.25, -0.2) is 0 Å². The lowest BCUT2D eigenvalue weighted by molar-refractivity contribution is -0.144. The highest BCUT2D eigenvalue weighted by atomic mass is 16.5. The maximum absolute atomic E-state index is 12.4. The molecule has 45 heavy (non-hydrogen) atoms. The Balaban J connectivity index is 2.01. The van der Waals surface area contributed by atoms with Crippen LogP contribution in [0, 0.1) is 5.41 Å². The van der Waals surface area contributed by atoms with Crippen molar-refractivity contribution in [1.29, 1.82) is 0 Å². The Labute approximate surface area is 282 Å². The van der Waals surface area contributed by atoms with E-state index in [1.807, 2.05) is 0 Å². The Kier molecular flexibility index (Phi) is 29.4. The SMILES string of the molecule is CCCCCCCCCCCCCCCCCC(=O)OCCC(C)(CCCCCCCCCCCCCCCC)C1=NCCN1. The maximum Gasteiger partial charge on any atom is 0.305 e. The van der Waals surface area contributed by atoms with E-state index < -0.39 is 0 Å². The molecule has 0 aromatic rings. The van der Waals surface area contributed by atoms with E-state index in [4.69, 9.17) is 9.73 Å². The fraction of sp³-hybridized carbons (Fsp3) is 0.951. The number of unbranched alkanes of at least 4 members (excludes halogenated alkanes) is 27. The van der Waals surface area contributed by atoms with Gasteiger partial charge in [0, 0.05) is 18.4 Å². The molecule has 1 heterocycles. The molecule has 1 unspecified atom stereocenters. The van der Waals surface area contributed by atoms with Crippen molar-refractivity contribution in [3.05, 3.63) is 0 Å². The van der Waals surface area contributed by atoms with Gasteiger partial charge in [-0.1, -0.05) is 201 Å². The van der Waals surface area contributed by atoms with E-state index in [1.165, 1.54) is 173 Å². The standard InChI is InChI=1S/C41H80N2O2/c1-4-6-8-10-12-14-16-18-20-21-23-25-27-29-31-33-39(44)45-38-35-41(3,40-42-36-37-43-40)34-32-30-28-26-24-22-19-17-15-13-11-9-7-5-2/h4-38H2,1-3H3,(H,42,43). The number of amidine groups is 1. The molecule has 0 bridgehead atoms. The Morgan fingerprint density at radius 1 is 0.578 bits per heavy atom. The number of carbonyl (C=O) groups excluding carboxylic acids is 1. The van der Waals surface area contributed by atoms with Crippen LogP contribution in [0.2, 0.25) is 0 Å². The van der Waals surface area contributed by atoms with E-state index in [0.717, 1.165) is 44.6 Å². The van der Waals surface area contributed by atoms with Gasteiger partial charge in [-0.05, 0) is 19.3 Å². The monoisotopic (exact) mass is 633 g/mol. The molecule has 0 fully saturated rings. The van der Waals surface area contributed by atoms with Gasteiger partial charge < -0.3 is 10.1 Å². The van der Waals surface area contributed by atoms with Crippen molar-refractivity contribution in [2.24, 2.45) is 10.4 Å². The van der Waals surface area contributed by atoms with Gasteiger partial charge in [-0.15, -0.1) is 0 Å². The Morgan fingerprint density at radius 2 is 0.956 bits per heavy atom. The van der Waals surface area contributed by atoms with Crippen LogP contribution in [0.15, 0.2) is 4.99 Å². The highest BCUT2D eigenvalue weighted by Gasteiger charge is 2.32. The highest BCUT2D eigenvalue weighted by molar-refractivity contribution is 5.89. The molecule has 266 valence electrons. The van der Waals surface area contributed by atoms with Crippen LogP contribution in [0.3, 0.4) is 0 Å². The van der Waals surface area contributed by atoms with E-state index in [1.54, 1.807) is 0 Å². The minimum absolute atomic E-state index is 0.00252. The summed E-state index contributed by atoms with van der Waals surface area (Å²) in [4.78, 5) is 17.2. The predicted octanol–water partition coefficient (Wildman–Crippen LogP) is 13.1. The third kappa shape index (κ3) is 25.7. The molecule has 4 nitrogen and oxygen atoms in total. The van der Waals surface area contributed by atoms with Gasteiger partial charge in [0.05, 0.1) is 13.2 Å². The quantitative estimate of drug-likeness (QED) is 0.0558. The molecule has 1 N–H and O–H groups in total. The summed E-state index contributed by atoms with van der Waals surface area (Å²) in [5.74, 6) is 1.14. The molecule has 0 amide bonds. The molecular weight excluding hydrogens is 552 g/mol. The first-order valence-electron chi connectivity index (χ1n) is 20.6. The molecule has 0 spiro atoms. The van der Waals surface area contributed by atoms with Crippen LogP contribution in [0.4, 0.5) is 0 Å². The second-order valence-electron chi connectivity index (χ2n) is 14.7. The molecule has 1 aliphatic rings. The van der Waals surface area contributed by atoms with E-state index in [9.17, 15) is 4.79 Å². The topological polar surface area (TPSA) is 50.7 Å². The van der Waals surface area contributed by atoms with Crippen molar-refractivity contribution in [3.8, 4) is 0 Å². The summed E-state index contributed by atoms with van der Waals surface area (Å²) in [5.41, 5.74) is 0.00252. The van der Waals surface area contributed by atoms with Crippen molar-refractivity contribution in [3.63, 3.8) is 0 Å². The van der Waals surface area contributed by atoms with Crippen LogP contribution in [-0.2, 0) is 9.53 Å². The predicted molar refractivity (Wildman–Crippen MR) is 198 cm³/mol. The van der Waals surface area contributed by atoms with Gasteiger partial charge in [0.1, 0.15) is 5.84 Å². The summed E-state index contributed by atoms with van der Waals surface area (Å²) < 4.78 is 5.72. The zero-order valence-corrected chi connectivity index (χ0v) is 31.0. The number of esters is 1. The first kappa shape index (κ1) is 42.0. The van der Waals surface area contributed by atoms with Crippen LogP contribution in [0.1, 0.15) is 226 Å². The average molecular weight is 633 g/mol. The van der Waals surface area contributed by atoms with Gasteiger partial charge in [-0.3, -0.25) is 9.79 Å². The number of rotatable bonds is 35. The molecule has 0 radical (unpaired) electrons. The summed E-state index contributed by atoms with van der Waals surface area (Å²) in [6, 6.07) is 0. The van der Waals surface area contributed by atoms with E-state index in [0.29, 0.717) is 13.0 Å². The lowest BCUT2D eigenvalue weighted by atomic mass is 9.80. The summed E-state index contributed by atoms with van der Waals surface area (Å²) in [6.07, 6.45) is 42.2. The lowest BCUT2D eigenvalue weighted by Crippen LogP contribution is -2.37. The molecule has 0 saturated carbocycles. The second-order valence-corrected chi connectivity index (χ2v) is 14.7. The van der Waals surface area contributed by atoms with Gasteiger partial charge in [0.2, 0.25) is 0 Å². The summed E-state index contributed by atoms with van der Waals surface area (Å²) in [6.45, 7) is 9.26. The van der Waals surface area contributed by atoms with E-state index in [2.05, 4.69) is 26.1 Å². The highest BCUT2D eigenvalue weighted by Crippen LogP contribution is 2.31. The fourth-order valence-electron chi connectivity index (χ4n) is 6.98. The summed E-state index contributed by atoms with van der Waals surface area (Å²) in [7, 11) is 0. The Bertz CT molecular complexity index is 678. The number of hydrogen-bond donors (Lipinski definition) is 1. The smallest absolute Gasteiger partial charge is 0.305 e. The molecule has 0 aromatic carbocycles. The zero-order valence-electron chi connectivity index (χ0n) is 31.0. The lowest BCUT2D eigenvalue weighted by Gasteiger charge is -2.30. The number of aliphatic imine (C=N–C) groups is 1. The van der Waals surface area contributed by atoms with Crippen LogP contribution >= 0.6 is 0 Å². The largest absolute Gasteiger partial charge is 0.466 e. The summed E-state index contributed by atoms with van der Waals surface area (Å²) in [5, 5.41) is 3.53. The van der Waals surface area contributed by atoms with Crippen LogP contribution in [-0.4, -0.2) is 31.5 Å². The third-order valence-corrected chi connectivity index (χ3v) is 10.2. The number of hydrogen-bond acceptors (Lipinski definition) is 4. The molecule has 1 rings (SSSR count). The maximum atomic E-state index is 12.4. The van der Waals surface area contributed by atoms with Crippen LogP contribution in [0.25, 0.3) is 0 Å². The van der Waals surface area contributed by atoms with Gasteiger partial charge >= 0.3 is 5.97 Å². The Morgan fingerprint density at radius 3 is 1.33 bits per heavy atom. The van der Waals surface area contributed by atoms with Gasteiger partial charge in [-0.2, -0.15) is 0 Å². The van der Waals surface area contributed by atoms with Crippen molar-refractivity contribution in [2.45, 2.75) is 226 Å². The van der Waals surface area contributed by atoms with Gasteiger partial charge in [0.15, 0.2) is 0 Å². The van der Waals surface area contributed by atoms with Crippen molar-refractivity contribution < 1.29 is 9.53 Å². The molecule has 1 aliphatic heterocycles. The van der Waals surface area contributed by atoms with Crippen LogP contribution in [0.5, 0.6) is 0 Å². The van der Waals surface area contributed by atoms with Crippen molar-refractivity contribution in [1.82, 2.24) is 5.32 Å². The molecule has 1 atom stereocenters. The first-order valence-corrected chi connectivity index (χ1v) is 20.6. The summed E-state index contributed by atoms with van der Waals surface area (Å²) >= 11 is 0. The van der Waals surface area contributed by atoms with E-state index >= 15 is 0 Å². The second kappa shape index (κ2) is 31.5. The van der Waals surface area contributed by atoms with Crippen LogP contribution < -0.4 is 5.32 Å². The normalized spacial score (nSPS) is 14.3. The first-order chi connectivity index (χ1) is 22.1. The minimum atomic E-state index is -0.00939. The molecule has 0 aliphatic carbocycles. The van der Waals surface area contributed by atoms with E-state index in [-0.39, 0.29) is 11.4 Å².